The van der Waals surface area contributed by atoms with Gasteiger partial charge in [-0.3, -0.25) is 0 Å². The van der Waals surface area contributed by atoms with E-state index in [4.69, 9.17) is 0 Å². The molecular formula is C27H22F3N3O. The molecule has 1 N–H and O–H groups in total. The van der Waals surface area contributed by atoms with Crippen molar-refractivity contribution in [1.82, 2.24) is 9.47 Å². The maximum Gasteiger partial charge on any atom is 0.416 e. The molecule has 0 spiro atoms. The molecule has 4 nitrogen and oxygen atoms in total. The number of nitrogens with one attached hydrogen (secondary N) is 1. The minimum atomic E-state index is -4.49. The minimum absolute atomic E-state index is 0.0930. The van der Waals surface area contributed by atoms with Gasteiger partial charge in [-0.2, -0.15) is 13.2 Å². The van der Waals surface area contributed by atoms with Crippen LogP contribution >= 0.6 is 0 Å². The second kappa shape index (κ2) is 8.41. The molecule has 3 aromatic carbocycles. The number of alkyl halides is 3. The van der Waals surface area contributed by atoms with E-state index in [1.54, 1.807) is 4.90 Å². The minimum Gasteiger partial charge on any atom is -0.318 e. The highest BCUT2D eigenvalue weighted by Crippen LogP contribution is 2.37. The summed E-state index contributed by atoms with van der Waals surface area (Å²) in [7, 11) is 0. The number of rotatable bonds is 2. The van der Waals surface area contributed by atoms with Crippen molar-refractivity contribution in [1.29, 1.82) is 0 Å². The molecule has 1 aromatic heterocycles. The molecular weight excluding hydrogens is 439 g/mol. The van der Waals surface area contributed by atoms with E-state index in [0.29, 0.717) is 6.54 Å². The summed E-state index contributed by atoms with van der Waals surface area (Å²) in [6.45, 7) is 2.29. The Hall–Kier alpha value is -4.00. The fourth-order valence-corrected chi connectivity index (χ4v) is 4.41. The lowest BCUT2D eigenvalue weighted by molar-refractivity contribution is -0.137. The summed E-state index contributed by atoms with van der Waals surface area (Å²) >= 11 is 0. The Morgan fingerprint density at radius 3 is 2.47 bits per heavy atom. The third-order valence-electron chi connectivity index (χ3n) is 6.06. The summed E-state index contributed by atoms with van der Waals surface area (Å²) in [5.74, 6) is 0. The fraction of sp³-hybridized carbons (Fsp3) is 0.148. The summed E-state index contributed by atoms with van der Waals surface area (Å²) in [5.41, 5.74) is 4.09. The molecule has 0 radical (unpaired) electrons. The van der Waals surface area contributed by atoms with Gasteiger partial charge in [-0.1, -0.05) is 54.1 Å². The highest BCUT2D eigenvalue weighted by Gasteiger charge is 2.34. The van der Waals surface area contributed by atoms with Crippen molar-refractivity contribution in [2.45, 2.75) is 25.7 Å². The van der Waals surface area contributed by atoms with Gasteiger partial charge in [-0.25, -0.2) is 4.79 Å². The normalized spacial score (nSPS) is 15.3. The van der Waals surface area contributed by atoms with Gasteiger partial charge in [0, 0.05) is 17.6 Å². The first-order valence-corrected chi connectivity index (χ1v) is 10.9. The van der Waals surface area contributed by atoms with Gasteiger partial charge in [0.15, 0.2) is 0 Å². The largest absolute Gasteiger partial charge is 0.416 e. The molecule has 0 fully saturated rings. The van der Waals surface area contributed by atoms with Crippen LogP contribution in [0.2, 0.25) is 0 Å². The molecule has 172 valence electrons. The second-order valence-electron chi connectivity index (χ2n) is 8.38. The van der Waals surface area contributed by atoms with Crippen molar-refractivity contribution < 1.29 is 18.0 Å². The van der Waals surface area contributed by atoms with Crippen LogP contribution in [0.1, 0.15) is 34.0 Å². The molecule has 0 saturated heterocycles. The number of anilines is 1. The van der Waals surface area contributed by atoms with Crippen LogP contribution in [0.5, 0.6) is 0 Å². The lowest BCUT2D eigenvalue weighted by Gasteiger charge is -2.31. The number of urea groups is 1. The van der Waals surface area contributed by atoms with Crippen molar-refractivity contribution >= 4 is 11.7 Å². The summed E-state index contributed by atoms with van der Waals surface area (Å²) in [5, 5.41) is 2.69. The first kappa shape index (κ1) is 21.8. The Kier molecular flexibility index (Phi) is 5.40. The Labute approximate surface area is 195 Å². The van der Waals surface area contributed by atoms with Gasteiger partial charge in [-0.15, -0.1) is 0 Å². The van der Waals surface area contributed by atoms with Crippen LogP contribution in [-0.2, 0) is 12.7 Å². The van der Waals surface area contributed by atoms with Crippen molar-refractivity contribution in [2.75, 3.05) is 5.32 Å². The number of fused-ring (bicyclic) bond motifs is 3. The summed E-state index contributed by atoms with van der Waals surface area (Å²) in [6, 6.07) is 23.4. The lowest BCUT2D eigenvalue weighted by atomic mass is 10.0. The quantitative estimate of drug-likeness (QED) is 0.345. The average molecular weight is 461 g/mol. The van der Waals surface area contributed by atoms with E-state index in [1.807, 2.05) is 73.8 Å². The number of para-hydroxylation sites is 1. The molecule has 5 rings (SSSR count). The zero-order valence-corrected chi connectivity index (χ0v) is 18.4. The summed E-state index contributed by atoms with van der Waals surface area (Å²) in [6.07, 6.45) is -2.53. The second-order valence-corrected chi connectivity index (χ2v) is 8.38. The highest BCUT2D eigenvalue weighted by atomic mass is 19.4. The Morgan fingerprint density at radius 1 is 0.941 bits per heavy atom. The van der Waals surface area contributed by atoms with Gasteiger partial charge in [0.1, 0.15) is 0 Å². The number of carbonyl (C=O) groups excluding carboxylic acids is 1. The maximum atomic E-state index is 13.6. The molecule has 0 bridgehead atoms. The standard InChI is InChI=1S/C27H22F3N3O/c1-18-11-13-19(14-12-18)25-24-10-5-15-32(24)23-9-3-2-6-20(23)17-33(25)26(34)31-22-8-4-7-21(16-22)27(28,29)30/h2-16,25H,17H2,1H3,(H,31,34)/t25-/m1/s1. The fourth-order valence-electron chi connectivity index (χ4n) is 4.41. The SMILES string of the molecule is Cc1ccc([C@@H]2c3cccn3-c3ccccc3CN2C(=O)Nc2cccc(C(F)(F)F)c2)cc1. The number of benzene rings is 3. The molecule has 2 heterocycles. The molecule has 0 aliphatic carbocycles. The van der Waals surface area contributed by atoms with Gasteiger partial charge in [-0.05, 0) is 54.4 Å². The number of halogens is 3. The number of nitrogens with zero attached hydrogens (tertiary/aromatic N) is 2. The third kappa shape index (κ3) is 4.05. The smallest absolute Gasteiger partial charge is 0.318 e. The van der Waals surface area contributed by atoms with Crippen molar-refractivity contribution in [3.8, 4) is 5.69 Å². The summed E-state index contributed by atoms with van der Waals surface area (Å²) < 4.78 is 41.7. The Bertz CT molecular complexity index is 1340. The van der Waals surface area contributed by atoms with Crippen molar-refractivity contribution in [3.63, 3.8) is 0 Å². The third-order valence-corrected chi connectivity index (χ3v) is 6.06. The van der Waals surface area contributed by atoms with Crippen LogP contribution in [0.3, 0.4) is 0 Å². The average Bonchev–Trinajstić information content (AvgIpc) is 3.24. The molecule has 1 aliphatic rings. The van der Waals surface area contributed by atoms with Gasteiger partial charge in [0.2, 0.25) is 0 Å². The van der Waals surface area contributed by atoms with Crippen LogP contribution in [0.15, 0.2) is 91.1 Å². The van der Waals surface area contributed by atoms with Crippen LogP contribution in [0.4, 0.5) is 23.7 Å². The molecule has 1 atom stereocenters. The van der Waals surface area contributed by atoms with E-state index in [9.17, 15) is 18.0 Å². The van der Waals surface area contributed by atoms with Gasteiger partial charge < -0.3 is 14.8 Å². The Morgan fingerprint density at radius 2 is 1.71 bits per heavy atom. The molecule has 34 heavy (non-hydrogen) atoms. The van der Waals surface area contributed by atoms with E-state index in [2.05, 4.69) is 9.88 Å². The van der Waals surface area contributed by atoms with E-state index < -0.39 is 23.8 Å². The summed E-state index contributed by atoms with van der Waals surface area (Å²) in [4.78, 5) is 15.3. The van der Waals surface area contributed by atoms with Crippen molar-refractivity contribution in [2.24, 2.45) is 0 Å². The van der Waals surface area contributed by atoms with E-state index in [1.165, 1.54) is 12.1 Å². The number of carbonyl (C=O) groups is 1. The van der Waals surface area contributed by atoms with Crippen LogP contribution in [0.25, 0.3) is 5.69 Å². The van der Waals surface area contributed by atoms with Gasteiger partial charge in [0.25, 0.3) is 0 Å². The number of hydrogen-bond acceptors (Lipinski definition) is 1. The van der Waals surface area contributed by atoms with Crippen LogP contribution < -0.4 is 5.32 Å². The van der Waals surface area contributed by atoms with Crippen molar-refractivity contribution in [3.05, 3.63) is 119 Å². The van der Waals surface area contributed by atoms with E-state index in [0.717, 1.165) is 40.2 Å². The van der Waals surface area contributed by atoms with E-state index >= 15 is 0 Å². The first-order valence-electron chi connectivity index (χ1n) is 10.9. The lowest BCUT2D eigenvalue weighted by Crippen LogP contribution is -2.38. The predicted molar refractivity (Wildman–Crippen MR) is 125 cm³/mol. The topological polar surface area (TPSA) is 37.3 Å². The predicted octanol–water partition coefficient (Wildman–Crippen LogP) is 6.94. The molecule has 0 saturated carbocycles. The molecule has 4 aromatic rings. The zero-order chi connectivity index (χ0) is 23.9. The number of hydrogen-bond donors (Lipinski definition) is 1. The van der Waals surface area contributed by atoms with Crippen LogP contribution in [-0.4, -0.2) is 15.5 Å². The molecule has 1 aliphatic heterocycles. The van der Waals surface area contributed by atoms with Crippen LogP contribution in [0, 0.1) is 6.92 Å². The molecule has 2 amide bonds. The molecule has 7 heteroatoms. The first-order chi connectivity index (χ1) is 16.3. The monoisotopic (exact) mass is 461 g/mol. The number of aryl methyl sites for hydroxylation is 1. The number of amides is 2. The highest BCUT2D eigenvalue weighted by molar-refractivity contribution is 5.90. The maximum absolute atomic E-state index is 13.6. The number of aromatic nitrogens is 1. The van der Waals surface area contributed by atoms with E-state index in [-0.39, 0.29) is 5.69 Å². The zero-order valence-electron chi connectivity index (χ0n) is 18.4. The molecule has 0 unspecified atom stereocenters. The Balaban J connectivity index is 1.59. The van der Waals surface area contributed by atoms with Gasteiger partial charge in [0.05, 0.1) is 23.8 Å². The van der Waals surface area contributed by atoms with Gasteiger partial charge >= 0.3 is 12.2 Å².